The summed E-state index contributed by atoms with van der Waals surface area (Å²) in [6.45, 7) is -0.502. The molecule has 1 N–H and O–H groups in total. The summed E-state index contributed by atoms with van der Waals surface area (Å²) >= 11 is 11.9. The number of carbonyl (C=O) groups is 3. The summed E-state index contributed by atoms with van der Waals surface area (Å²) in [7, 11) is 1.56. The van der Waals surface area contributed by atoms with Gasteiger partial charge < -0.3 is 14.8 Å². The summed E-state index contributed by atoms with van der Waals surface area (Å²) in [6, 6.07) is 12.7. The van der Waals surface area contributed by atoms with Gasteiger partial charge in [-0.05, 0) is 48.5 Å². The van der Waals surface area contributed by atoms with Gasteiger partial charge in [-0.2, -0.15) is 0 Å². The number of benzene rings is 2. The normalized spacial score (nSPS) is 12.5. The van der Waals surface area contributed by atoms with Crippen molar-refractivity contribution in [3.8, 4) is 17.4 Å². The second-order valence-corrected chi connectivity index (χ2v) is 7.50. The Morgan fingerprint density at radius 3 is 2.19 bits per heavy atom. The standard InChI is InChI=1S/C22H15Cl2N3O5/c1-31-12-4-6-13(7-5-12)32-20-18(3-2-8-25-20)26-19(28)11-27-21(29)14-9-16(23)17(24)10-15(14)22(27)30/h2-10H,11H2,1H3,(H,26,28). The number of amides is 3. The van der Waals surface area contributed by atoms with E-state index in [1.807, 2.05) is 0 Å². The van der Waals surface area contributed by atoms with E-state index in [0.29, 0.717) is 11.5 Å². The highest BCUT2D eigenvalue weighted by atomic mass is 35.5. The minimum Gasteiger partial charge on any atom is -0.497 e. The van der Waals surface area contributed by atoms with Crippen molar-refractivity contribution in [2.45, 2.75) is 0 Å². The Morgan fingerprint density at radius 2 is 1.59 bits per heavy atom. The van der Waals surface area contributed by atoms with Crippen molar-refractivity contribution < 1.29 is 23.9 Å². The lowest BCUT2D eigenvalue weighted by Gasteiger charge is -2.15. The van der Waals surface area contributed by atoms with Crippen molar-refractivity contribution in [1.29, 1.82) is 0 Å². The fourth-order valence-corrected chi connectivity index (χ4v) is 3.41. The van der Waals surface area contributed by atoms with Crippen LogP contribution in [0.2, 0.25) is 10.0 Å². The lowest BCUT2D eigenvalue weighted by Crippen LogP contribution is -2.37. The third-order valence-electron chi connectivity index (χ3n) is 4.63. The van der Waals surface area contributed by atoms with Gasteiger partial charge in [0, 0.05) is 6.20 Å². The Bertz CT molecular complexity index is 1190. The van der Waals surface area contributed by atoms with Crippen molar-refractivity contribution in [1.82, 2.24) is 9.88 Å². The molecule has 0 aliphatic carbocycles. The van der Waals surface area contributed by atoms with E-state index in [-0.39, 0.29) is 32.7 Å². The zero-order chi connectivity index (χ0) is 22.8. The monoisotopic (exact) mass is 471 g/mol. The molecule has 10 heteroatoms. The van der Waals surface area contributed by atoms with Crippen molar-refractivity contribution in [3.05, 3.63) is 75.9 Å². The quantitative estimate of drug-likeness (QED) is 0.534. The van der Waals surface area contributed by atoms with E-state index >= 15 is 0 Å². The average Bonchev–Trinajstić information content (AvgIpc) is 3.00. The number of halogens is 2. The van der Waals surface area contributed by atoms with Gasteiger partial charge in [0.1, 0.15) is 23.7 Å². The van der Waals surface area contributed by atoms with Crippen LogP contribution in [0.4, 0.5) is 5.69 Å². The van der Waals surface area contributed by atoms with Crippen LogP contribution in [-0.4, -0.2) is 41.3 Å². The number of imide groups is 1. The van der Waals surface area contributed by atoms with E-state index in [9.17, 15) is 14.4 Å². The van der Waals surface area contributed by atoms with E-state index < -0.39 is 24.3 Å². The fraction of sp³-hybridized carbons (Fsp3) is 0.0909. The first-order valence-corrected chi connectivity index (χ1v) is 10.0. The average molecular weight is 472 g/mol. The number of fused-ring (bicyclic) bond motifs is 1. The van der Waals surface area contributed by atoms with Crippen LogP contribution < -0.4 is 14.8 Å². The van der Waals surface area contributed by atoms with Crippen LogP contribution in [0.15, 0.2) is 54.7 Å². The molecule has 0 bridgehead atoms. The minimum atomic E-state index is -0.625. The Kier molecular flexibility index (Phi) is 5.98. The van der Waals surface area contributed by atoms with Gasteiger partial charge in [0.25, 0.3) is 11.8 Å². The molecule has 1 aliphatic rings. The van der Waals surface area contributed by atoms with Gasteiger partial charge in [0.15, 0.2) is 0 Å². The van der Waals surface area contributed by atoms with Crippen LogP contribution in [0.1, 0.15) is 20.7 Å². The zero-order valence-electron chi connectivity index (χ0n) is 16.6. The van der Waals surface area contributed by atoms with Crippen LogP contribution in [0.25, 0.3) is 0 Å². The third-order valence-corrected chi connectivity index (χ3v) is 5.35. The number of pyridine rings is 1. The number of nitrogens with zero attached hydrogens (tertiary/aromatic N) is 2. The summed E-state index contributed by atoms with van der Waals surface area (Å²) in [5.74, 6) is -0.569. The van der Waals surface area contributed by atoms with Gasteiger partial charge in [-0.1, -0.05) is 23.2 Å². The second kappa shape index (κ2) is 8.86. The summed E-state index contributed by atoms with van der Waals surface area (Å²) in [5.41, 5.74) is 0.472. The van der Waals surface area contributed by atoms with Gasteiger partial charge in [-0.25, -0.2) is 4.98 Å². The SMILES string of the molecule is COc1ccc(Oc2ncccc2NC(=O)CN2C(=O)c3cc(Cl)c(Cl)cc3C2=O)cc1. The number of rotatable bonds is 6. The first kappa shape index (κ1) is 21.6. The highest BCUT2D eigenvalue weighted by Crippen LogP contribution is 2.32. The number of anilines is 1. The van der Waals surface area contributed by atoms with E-state index in [0.717, 1.165) is 4.90 Å². The molecule has 1 aliphatic heterocycles. The van der Waals surface area contributed by atoms with Gasteiger partial charge in [0.2, 0.25) is 11.8 Å². The van der Waals surface area contributed by atoms with Crippen molar-refractivity contribution in [2.24, 2.45) is 0 Å². The highest BCUT2D eigenvalue weighted by molar-refractivity contribution is 6.43. The highest BCUT2D eigenvalue weighted by Gasteiger charge is 2.37. The summed E-state index contributed by atoms with van der Waals surface area (Å²) in [6.07, 6.45) is 1.51. The molecule has 3 amide bonds. The van der Waals surface area contributed by atoms with E-state index in [2.05, 4.69) is 10.3 Å². The molecule has 0 spiro atoms. The Balaban J connectivity index is 1.48. The smallest absolute Gasteiger partial charge is 0.262 e. The summed E-state index contributed by atoms with van der Waals surface area (Å²) in [4.78, 5) is 42.8. The van der Waals surface area contributed by atoms with Crippen molar-refractivity contribution in [2.75, 3.05) is 19.0 Å². The molecule has 2 aromatic carbocycles. The molecule has 0 fully saturated rings. The van der Waals surface area contributed by atoms with Crippen LogP contribution >= 0.6 is 23.2 Å². The largest absolute Gasteiger partial charge is 0.497 e. The van der Waals surface area contributed by atoms with Crippen molar-refractivity contribution in [3.63, 3.8) is 0 Å². The van der Waals surface area contributed by atoms with Gasteiger partial charge in [0.05, 0.1) is 28.3 Å². The van der Waals surface area contributed by atoms with Gasteiger partial charge >= 0.3 is 0 Å². The second-order valence-electron chi connectivity index (χ2n) is 6.69. The lowest BCUT2D eigenvalue weighted by molar-refractivity contribution is -0.116. The predicted octanol–water partition coefficient (Wildman–Crippen LogP) is 4.42. The van der Waals surface area contributed by atoms with Gasteiger partial charge in [-0.3, -0.25) is 19.3 Å². The maximum atomic E-state index is 12.6. The number of hydrogen-bond donors (Lipinski definition) is 1. The number of carbonyl (C=O) groups excluding carboxylic acids is 3. The number of nitrogens with one attached hydrogen (secondary N) is 1. The molecule has 0 saturated carbocycles. The molecule has 8 nitrogen and oxygen atoms in total. The molecule has 4 rings (SSSR count). The van der Waals surface area contributed by atoms with Crippen LogP contribution in [0.5, 0.6) is 17.4 Å². The van der Waals surface area contributed by atoms with E-state index in [1.165, 1.54) is 18.3 Å². The van der Waals surface area contributed by atoms with Crippen LogP contribution in [-0.2, 0) is 4.79 Å². The first-order valence-electron chi connectivity index (χ1n) is 9.29. The number of methoxy groups -OCH3 is 1. The number of aromatic nitrogens is 1. The molecule has 3 aromatic rings. The molecule has 32 heavy (non-hydrogen) atoms. The predicted molar refractivity (Wildman–Crippen MR) is 118 cm³/mol. The molecule has 0 atom stereocenters. The van der Waals surface area contributed by atoms with Crippen LogP contribution in [0.3, 0.4) is 0 Å². The molecular weight excluding hydrogens is 457 g/mol. The number of ether oxygens (including phenoxy) is 2. The first-order chi connectivity index (χ1) is 15.4. The summed E-state index contributed by atoms with van der Waals surface area (Å²) < 4.78 is 10.9. The Hall–Kier alpha value is -3.62. The molecule has 0 saturated heterocycles. The van der Waals surface area contributed by atoms with Crippen molar-refractivity contribution >= 4 is 46.6 Å². The topological polar surface area (TPSA) is 97.8 Å². The molecule has 2 heterocycles. The minimum absolute atomic E-state index is 0.0992. The zero-order valence-corrected chi connectivity index (χ0v) is 18.1. The lowest BCUT2D eigenvalue weighted by atomic mass is 10.1. The molecule has 162 valence electrons. The molecule has 1 aromatic heterocycles. The van der Waals surface area contributed by atoms with Gasteiger partial charge in [-0.15, -0.1) is 0 Å². The molecule has 0 unspecified atom stereocenters. The third kappa shape index (κ3) is 4.23. The maximum Gasteiger partial charge on any atom is 0.262 e. The Morgan fingerprint density at radius 1 is 1.00 bits per heavy atom. The number of hydrogen-bond acceptors (Lipinski definition) is 6. The Labute approximate surface area is 192 Å². The fourth-order valence-electron chi connectivity index (χ4n) is 3.08. The molecular formula is C22H15Cl2N3O5. The van der Waals surface area contributed by atoms with Crippen LogP contribution in [0, 0.1) is 0 Å². The summed E-state index contributed by atoms with van der Waals surface area (Å²) in [5, 5.41) is 2.92. The maximum absolute atomic E-state index is 12.6. The van der Waals surface area contributed by atoms with E-state index in [1.54, 1.807) is 43.5 Å². The van der Waals surface area contributed by atoms with E-state index in [4.69, 9.17) is 32.7 Å². The molecule has 0 radical (unpaired) electrons.